The molecule has 0 saturated carbocycles. The third kappa shape index (κ3) is 8.92. The summed E-state index contributed by atoms with van der Waals surface area (Å²) >= 11 is 0. The lowest BCUT2D eigenvalue weighted by molar-refractivity contribution is 0.00105. The molecule has 2 aromatic carbocycles. The lowest BCUT2D eigenvalue weighted by Crippen LogP contribution is -2.44. The van der Waals surface area contributed by atoms with Gasteiger partial charge in [0, 0.05) is 30.9 Å². The number of nitrogens with zero attached hydrogens (tertiary/aromatic N) is 5. The third-order valence-corrected chi connectivity index (χ3v) is 6.35. The molecule has 0 radical (unpaired) electrons. The molecule has 0 unspecified atom stereocenters. The van der Waals surface area contributed by atoms with E-state index < -0.39 is 23.4 Å². The van der Waals surface area contributed by atoms with Crippen molar-refractivity contribution in [2.24, 2.45) is 0 Å². The van der Waals surface area contributed by atoms with E-state index in [1.54, 1.807) is 72.8 Å². The molecular weight excluding hydrogens is 562 g/mol. The van der Waals surface area contributed by atoms with Gasteiger partial charge in [0.1, 0.15) is 22.7 Å². The van der Waals surface area contributed by atoms with Crippen LogP contribution in [0.4, 0.5) is 9.59 Å². The van der Waals surface area contributed by atoms with Gasteiger partial charge in [-0.05, 0) is 89.8 Å². The van der Waals surface area contributed by atoms with Gasteiger partial charge in [0.05, 0.1) is 43.3 Å². The van der Waals surface area contributed by atoms with Crippen LogP contribution in [0.1, 0.15) is 59.1 Å². The summed E-state index contributed by atoms with van der Waals surface area (Å²) in [6.07, 6.45) is 4.95. The Hall–Kier alpha value is -4.67. The van der Waals surface area contributed by atoms with Crippen LogP contribution in [-0.4, -0.2) is 68.8 Å². The van der Waals surface area contributed by atoms with E-state index in [9.17, 15) is 9.59 Å². The van der Waals surface area contributed by atoms with Crippen molar-refractivity contribution in [3.63, 3.8) is 0 Å². The van der Waals surface area contributed by atoms with Gasteiger partial charge in [-0.1, -0.05) is 6.07 Å². The standard InChI is InChI=1S/C33H41N5O6/c1-32(2,3)43-30(39)38(31(40)44-33(4,5)6)13-9-12-37-21-24(19-35-37)29-20-34-27-11-10-22(17-28(27)36-29)14-23-15-25(41-7)18-26(16-23)42-8/h10-11,15-21H,9,12-14H2,1-8H3. The average molecular weight is 604 g/mol. The predicted octanol–water partition coefficient (Wildman–Crippen LogP) is 6.66. The fourth-order valence-electron chi connectivity index (χ4n) is 4.41. The number of ether oxygens (including phenoxy) is 4. The van der Waals surface area contributed by atoms with Crippen LogP contribution in [0.15, 0.2) is 55.0 Å². The van der Waals surface area contributed by atoms with E-state index in [1.807, 2.05) is 42.6 Å². The van der Waals surface area contributed by atoms with E-state index in [0.717, 1.165) is 44.1 Å². The van der Waals surface area contributed by atoms with Crippen molar-refractivity contribution in [3.05, 3.63) is 66.1 Å². The molecule has 2 amide bonds. The maximum Gasteiger partial charge on any atom is 0.419 e. The summed E-state index contributed by atoms with van der Waals surface area (Å²) in [4.78, 5) is 36.0. The van der Waals surface area contributed by atoms with Gasteiger partial charge in [0.2, 0.25) is 0 Å². The average Bonchev–Trinajstić information content (AvgIpc) is 3.41. The zero-order valence-corrected chi connectivity index (χ0v) is 26.7. The summed E-state index contributed by atoms with van der Waals surface area (Å²) in [5, 5.41) is 4.46. The minimum absolute atomic E-state index is 0.108. The normalized spacial score (nSPS) is 11.7. The first kappa shape index (κ1) is 32.2. The summed E-state index contributed by atoms with van der Waals surface area (Å²) in [6, 6.07) is 11.9. The highest BCUT2D eigenvalue weighted by atomic mass is 16.6. The van der Waals surface area contributed by atoms with Crippen LogP contribution in [0, 0.1) is 0 Å². The van der Waals surface area contributed by atoms with Gasteiger partial charge in [0.15, 0.2) is 0 Å². The molecule has 0 N–H and O–H groups in total. The zero-order valence-electron chi connectivity index (χ0n) is 26.7. The van der Waals surface area contributed by atoms with E-state index in [2.05, 4.69) is 10.1 Å². The first-order valence-electron chi connectivity index (χ1n) is 14.5. The van der Waals surface area contributed by atoms with Gasteiger partial charge in [-0.3, -0.25) is 9.67 Å². The maximum absolute atomic E-state index is 12.8. The van der Waals surface area contributed by atoms with Crippen LogP contribution in [0.2, 0.25) is 0 Å². The van der Waals surface area contributed by atoms with Crippen molar-refractivity contribution in [1.29, 1.82) is 0 Å². The van der Waals surface area contributed by atoms with Gasteiger partial charge < -0.3 is 18.9 Å². The molecule has 234 valence electrons. The Bertz CT molecular complexity index is 1570. The van der Waals surface area contributed by atoms with E-state index in [0.29, 0.717) is 25.1 Å². The number of amides is 2. The quantitative estimate of drug-likeness (QED) is 0.207. The van der Waals surface area contributed by atoms with Crippen LogP contribution in [0.25, 0.3) is 22.3 Å². The maximum atomic E-state index is 12.8. The third-order valence-electron chi connectivity index (χ3n) is 6.35. The summed E-state index contributed by atoms with van der Waals surface area (Å²) < 4.78 is 23.4. The topological polar surface area (TPSA) is 118 Å². The second-order valence-electron chi connectivity index (χ2n) is 12.4. The Labute approximate surface area is 258 Å². The second-order valence-corrected chi connectivity index (χ2v) is 12.4. The van der Waals surface area contributed by atoms with Crippen molar-refractivity contribution in [2.75, 3.05) is 20.8 Å². The van der Waals surface area contributed by atoms with Crippen LogP contribution in [0.5, 0.6) is 11.5 Å². The molecule has 0 bridgehead atoms. The molecule has 0 atom stereocenters. The number of carbonyl (C=O) groups is 2. The number of benzene rings is 2. The van der Waals surface area contributed by atoms with E-state index >= 15 is 0 Å². The zero-order chi connectivity index (χ0) is 32.1. The molecule has 0 saturated heterocycles. The Morgan fingerprint density at radius 3 is 2.05 bits per heavy atom. The van der Waals surface area contributed by atoms with Crippen molar-refractivity contribution in [3.8, 4) is 22.8 Å². The van der Waals surface area contributed by atoms with E-state index in [-0.39, 0.29) is 6.54 Å². The molecule has 0 aliphatic rings. The number of imide groups is 1. The SMILES string of the molecule is COc1cc(Cc2ccc3ncc(-c4cnn(CCCN(C(=O)OC(C)(C)C)C(=O)OC(C)(C)C)c4)nc3c2)cc(OC)c1. The number of aryl methyl sites for hydroxylation is 1. The Morgan fingerprint density at radius 2 is 1.45 bits per heavy atom. The molecule has 0 spiro atoms. The van der Waals surface area contributed by atoms with Crippen molar-refractivity contribution in [2.45, 2.75) is 72.1 Å². The summed E-state index contributed by atoms with van der Waals surface area (Å²) in [6.45, 7) is 11.1. The molecule has 0 aliphatic heterocycles. The number of carbonyl (C=O) groups excluding carboxylic acids is 2. The fraction of sp³-hybridized carbons (Fsp3) is 0.424. The van der Waals surface area contributed by atoms with Crippen molar-refractivity contribution in [1.82, 2.24) is 24.6 Å². The molecule has 4 aromatic rings. The molecule has 11 nitrogen and oxygen atoms in total. The first-order chi connectivity index (χ1) is 20.7. The van der Waals surface area contributed by atoms with Crippen LogP contribution in [0.3, 0.4) is 0 Å². The summed E-state index contributed by atoms with van der Waals surface area (Å²) in [5.41, 5.74) is 3.69. The monoisotopic (exact) mass is 603 g/mol. The Morgan fingerprint density at radius 1 is 0.818 bits per heavy atom. The van der Waals surface area contributed by atoms with Crippen LogP contribution >= 0.6 is 0 Å². The molecule has 0 fully saturated rings. The highest BCUT2D eigenvalue weighted by molar-refractivity contribution is 5.88. The minimum Gasteiger partial charge on any atom is -0.497 e. The molecular formula is C33H41N5O6. The summed E-state index contributed by atoms with van der Waals surface area (Å²) in [5.74, 6) is 1.48. The predicted molar refractivity (Wildman–Crippen MR) is 167 cm³/mol. The molecule has 2 aromatic heterocycles. The molecule has 4 rings (SSSR count). The lowest BCUT2D eigenvalue weighted by atomic mass is 10.0. The summed E-state index contributed by atoms with van der Waals surface area (Å²) in [7, 11) is 3.27. The van der Waals surface area contributed by atoms with Crippen LogP contribution < -0.4 is 9.47 Å². The fourth-order valence-corrected chi connectivity index (χ4v) is 4.41. The highest BCUT2D eigenvalue weighted by Crippen LogP contribution is 2.26. The number of aromatic nitrogens is 4. The van der Waals surface area contributed by atoms with Crippen molar-refractivity contribution < 1.29 is 28.5 Å². The first-order valence-corrected chi connectivity index (χ1v) is 14.5. The number of rotatable bonds is 9. The van der Waals surface area contributed by atoms with Gasteiger partial charge >= 0.3 is 12.2 Å². The smallest absolute Gasteiger partial charge is 0.419 e. The minimum atomic E-state index is -0.751. The van der Waals surface area contributed by atoms with Crippen molar-refractivity contribution >= 4 is 23.2 Å². The molecule has 0 aliphatic carbocycles. The van der Waals surface area contributed by atoms with Crippen LogP contribution in [-0.2, 0) is 22.4 Å². The van der Waals surface area contributed by atoms with E-state index in [1.165, 1.54) is 0 Å². The van der Waals surface area contributed by atoms with Gasteiger partial charge in [-0.15, -0.1) is 0 Å². The Balaban J connectivity index is 1.45. The van der Waals surface area contributed by atoms with Gasteiger partial charge in [-0.25, -0.2) is 19.5 Å². The second kappa shape index (κ2) is 13.3. The van der Waals surface area contributed by atoms with E-state index in [4.69, 9.17) is 23.9 Å². The lowest BCUT2D eigenvalue weighted by Gasteiger charge is -2.28. The number of methoxy groups -OCH3 is 2. The van der Waals surface area contributed by atoms with Gasteiger partial charge in [-0.2, -0.15) is 5.10 Å². The highest BCUT2D eigenvalue weighted by Gasteiger charge is 2.30. The van der Waals surface area contributed by atoms with Gasteiger partial charge in [0.25, 0.3) is 0 Å². The molecule has 2 heterocycles. The number of fused-ring (bicyclic) bond motifs is 1. The Kier molecular flexibility index (Phi) is 9.76. The molecule has 11 heteroatoms. The number of hydrogen-bond donors (Lipinski definition) is 0. The largest absolute Gasteiger partial charge is 0.497 e. The number of hydrogen-bond acceptors (Lipinski definition) is 9. The molecule has 44 heavy (non-hydrogen) atoms.